The van der Waals surface area contributed by atoms with Crippen LogP contribution in [0.25, 0.3) is 66.6 Å². The lowest BCUT2D eigenvalue weighted by molar-refractivity contribution is 0.745. The maximum Gasteiger partial charge on any atom is 0.237 e. The molecule has 3 aromatic heterocycles. The zero-order valence-corrected chi connectivity index (χ0v) is 27.6. The molecule has 0 fully saturated rings. The fraction of sp³-hybridized carbons (Fsp3) is 0.0435. The van der Waals surface area contributed by atoms with Crippen LogP contribution in [0.5, 0.6) is 0 Å². The number of para-hydroxylation sites is 5. The van der Waals surface area contributed by atoms with Crippen LogP contribution in [0.15, 0.2) is 176 Å². The number of fused-ring (bicyclic) bond motifs is 9. The van der Waals surface area contributed by atoms with E-state index in [1.165, 1.54) is 32.8 Å². The molecular formula is C46H31N5. The number of hydrogen-bond donors (Lipinski definition) is 0. The second-order valence-electron chi connectivity index (χ2n) is 13.4. The van der Waals surface area contributed by atoms with E-state index in [-0.39, 0.29) is 6.04 Å². The van der Waals surface area contributed by atoms with Crippen LogP contribution >= 0.6 is 0 Å². The average molecular weight is 654 g/mol. The van der Waals surface area contributed by atoms with Crippen molar-refractivity contribution in [2.45, 2.75) is 12.0 Å². The van der Waals surface area contributed by atoms with Gasteiger partial charge in [-0.1, -0.05) is 127 Å². The summed E-state index contributed by atoms with van der Waals surface area (Å²) >= 11 is 0. The van der Waals surface area contributed by atoms with Crippen molar-refractivity contribution >= 4 is 55.0 Å². The van der Waals surface area contributed by atoms with E-state index in [1.54, 1.807) is 0 Å². The van der Waals surface area contributed by atoms with E-state index in [4.69, 9.17) is 9.97 Å². The molecule has 11 rings (SSSR count). The molecule has 0 spiro atoms. The molecule has 2 atom stereocenters. The first-order valence-electron chi connectivity index (χ1n) is 17.5. The van der Waals surface area contributed by atoms with Crippen molar-refractivity contribution in [3.63, 3.8) is 0 Å². The zero-order valence-electron chi connectivity index (χ0n) is 27.6. The fourth-order valence-corrected chi connectivity index (χ4v) is 8.47. The highest BCUT2D eigenvalue weighted by Crippen LogP contribution is 2.47. The van der Waals surface area contributed by atoms with Gasteiger partial charge in [0.2, 0.25) is 5.95 Å². The van der Waals surface area contributed by atoms with Crippen molar-refractivity contribution in [1.82, 2.24) is 19.1 Å². The summed E-state index contributed by atoms with van der Waals surface area (Å²) in [5, 5.41) is 4.76. The van der Waals surface area contributed by atoms with E-state index in [0.717, 1.165) is 44.8 Å². The first-order chi connectivity index (χ1) is 25.3. The Kier molecular flexibility index (Phi) is 6.01. The Labute approximate surface area is 294 Å². The minimum Gasteiger partial charge on any atom is -0.333 e. The van der Waals surface area contributed by atoms with Gasteiger partial charge in [-0.3, -0.25) is 9.13 Å². The molecule has 51 heavy (non-hydrogen) atoms. The summed E-state index contributed by atoms with van der Waals surface area (Å²) in [6, 6.07) is 54.3. The molecule has 5 nitrogen and oxygen atoms in total. The molecule has 0 amide bonds. The fourth-order valence-electron chi connectivity index (χ4n) is 8.47. The largest absolute Gasteiger partial charge is 0.333 e. The van der Waals surface area contributed by atoms with Gasteiger partial charge in [-0.15, -0.1) is 0 Å². The summed E-state index contributed by atoms with van der Waals surface area (Å²) in [7, 11) is 0. The number of benzene rings is 6. The molecule has 5 heteroatoms. The van der Waals surface area contributed by atoms with Crippen LogP contribution in [-0.2, 0) is 0 Å². The maximum atomic E-state index is 5.39. The second-order valence-corrected chi connectivity index (χ2v) is 13.4. The summed E-state index contributed by atoms with van der Waals surface area (Å²) < 4.78 is 4.50. The minimum atomic E-state index is 0.251. The highest BCUT2D eigenvalue weighted by atomic mass is 15.2. The van der Waals surface area contributed by atoms with E-state index < -0.39 is 0 Å². The molecule has 0 N–H and O–H groups in total. The van der Waals surface area contributed by atoms with Crippen LogP contribution in [0.2, 0.25) is 0 Å². The third kappa shape index (κ3) is 4.15. The topological polar surface area (TPSA) is 38.9 Å². The second kappa shape index (κ2) is 10.9. The molecule has 2 unspecified atom stereocenters. The molecule has 1 aliphatic carbocycles. The molecule has 6 aromatic carbocycles. The summed E-state index contributed by atoms with van der Waals surface area (Å²) in [4.78, 5) is 13.2. The predicted molar refractivity (Wildman–Crippen MR) is 210 cm³/mol. The van der Waals surface area contributed by atoms with Crippen LogP contribution in [0.1, 0.15) is 11.5 Å². The monoisotopic (exact) mass is 653 g/mol. The third-order valence-electron chi connectivity index (χ3n) is 10.7. The average Bonchev–Trinajstić information content (AvgIpc) is 3.84. The SMILES string of the molecule is C1=CC2c3ccccc3N(c3ccc(-c4cc(-n5c6ccccc6c6ccccc65)nc(-n5c6ccccc6c6ccccc65)n4)cc3)C2C=C1. The number of anilines is 2. The Morgan fingerprint density at radius 3 is 1.63 bits per heavy atom. The number of aromatic nitrogens is 4. The standard InChI is InChI=1S/C46H31N5/c1-7-19-39-32(13-1)33-14-2-8-20-40(33)49(39)31-27-25-30(26-28-31)38-29-45(50-41-21-9-3-15-34(41)35-16-4-10-22-42(35)50)48-46(47-38)51-43-23-11-5-17-36(43)37-18-6-12-24-44(37)51/h1-29,32,39H. The molecule has 240 valence electrons. The van der Waals surface area contributed by atoms with Crippen LogP contribution < -0.4 is 4.90 Å². The van der Waals surface area contributed by atoms with Crippen molar-refractivity contribution in [3.05, 3.63) is 182 Å². The van der Waals surface area contributed by atoms with Gasteiger partial charge in [0.15, 0.2) is 0 Å². The van der Waals surface area contributed by atoms with Crippen LogP contribution in [0.3, 0.4) is 0 Å². The molecule has 0 saturated heterocycles. The number of nitrogens with zero attached hydrogens (tertiary/aromatic N) is 5. The Bertz CT molecular complexity index is 2650. The van der Waals surface area contributed by atoms with Crippen LogP contribution in [0, 0.1) is 0 Å². The molecular weight excluding hydrogens is 623 g/mol. The Balaban J connectivity index is 1.13. The molecule has 1 aliphatic heterocycles. The molecule has 9 aromatic rings. The van der Waals surface area contributed by atoms with E-state index in [9.17, 15) is 0 Å². The van der Waals surface area contributed by atoms with Crippen molar-refractivity contribution in [2.75, 3.05) is 4.90 Å². The number of allylic oxidation sites excluding steroid dienone is 2. The van der Waals surface area contributed by atoms with Gasteiger partial charge in [0.05, 0.1) is 33.8 Å². The minimum absolute atomic E-state index is 0.251. The molecule has 2 aliphatic rings. The van der Waals surface area contributed by atoms with E-state index in [0.29, 0.717) is 11.9 Å². The Morgan fingerprint density at radius 2 is 1.00 bits per heavy atom. The van der Waals surface area contributed by atoms with Crippen LogP contribution in [-0.4, -0.2) is 25.1 Å². The first kappa shape index (κ1) is 28.2. The Hall–Kier alpha value is -6.72. The van der Waals surface area contributed by atoms with Gasteiger partial charge in [-0.05, 0) is 48.0 Å². The maximum absolute atomic E-state index is 5.39. The molecule has 4 heterocycles. The lowest BCUT2D eigenvalue weighted by Gasteiger charge is -2.28. The number of rotatable bonds is 4. The Morgan fingerprint density at radius 1 is 0.471 bits per heavy atom. The third-order valence-corrected chi connectivity index (χ3v) is 10.7. The van der Waals surface area contributed by atoms with E-state index in [2.05, 4.69) is 190 Å². The van der Waals surface area contributed by atoms with Crippen LogP contribution in [0.4, 0.5) is 11.4 Å². The highest BCUT2D eigenvalue weighted by Gasteiger charge is 2.37. The summed E-state index contributed by atoms with van der Waals surface area (Å²) in [6.45, 7) is 0. The normalized spacial score (nSPS) is 16.4. The van der Waals surface area contributed by atoms with E-state index in [1.807, 2.05) is 0 Å². The van der Waals surface area contributed by atoms with Gasteiger partial charge in [0.25, 0.3) is 0 Å². The van der Waals surface area contributed by atoms with Crippen molar-refractivity contribution < 1.29 is 0 Å². The first-order valence-corrected chi connectivity index (χ1v) is 17.5. The lowest BCUT2D eigenvalue weighted by atomic mass is 9.91. The van der Waals surface area contributed by atoms with Gasteiger partial charge in [-0.25, -0.2) is 4.98 Å². The molecule has 0 bridgehead atoms. The number of hydrogen-bond acceptors (Lipinski definition) is 3. The molecule has 0 saturated carbocycles. The van der Waals surface area contributed by atoms with Crippen molar-refractivity contribution in [1.29, 1.82) is 0 Å². The summed E-state index contributed by atoms with van der Waals surface area (Å²) in [5.41, 5.74) is 10.1. The van der Waals surface area contributed by atoms with Gasteiger partial charge in [0, 0.05) is 50.5 Å². The van der Waals surface area contributed by atoms with Crippen molar-refractivity contribution in [2.24, 2.45) is 0 Å². The predicted octanol–water partition coefficient (Wildman–Crippen LogP) is 11.1. The smallest absolute Gasteiger partial charge is 0.237 e. The van der Waals surface area contributed by atoms with Gasteiger partial charge >= 0.3 is 0 Å². The van der Waals surface area contributed by atoms with Gasteiger partial charge < -0.3 is 4.90 Å². The quantitative estimate of drug-likeness (QED) is 0.190. The highest BCUT2D eigenvalue weighted by molar-refractivity contribution is 6.10. The van der Waals surface area contributed by atoms with Gasteiger partial charge in [-0.2, -0.15) is 4.98 Å². The summed E-state index contributed by atoms with van der Waals surface area (Å²) in [5.74, 6) is 1.81. The van der Waals surface area contributed by atoms with E-state index >= 15 is 0 Å². The molecule has 0 radical (unpaired) electrons. The lowest BCUT2D eigenvalue weighted by Crippen LogP contribution is -2.28. The van der Waals surface area contributed by atoms with Crippen molar-refractivity contribution in [3.8, 4) is 23.0 Å². The van der Waals surface area contributed by atoms with Gasteiger partial charge in [0.1, 0.15) is 5.82 Å². The zero-order chi connectivity index (χ0) is 33.5. The summed E-state index contributed by atoms with van der Waals surface area (Å²) in [6.07, 6.45) is 8.98.